The van der Waals surface area contributed by atoms with Crippen molar-refractivity contribution in [1.29, 1.82) is 5.26 Å². The van der Waals surface area contributed by atoms with E-state index < -0.39 is 18.2 Å². The molecule has 1 aliphatic rings. The van der Waals surface area contributed by atoms with Crippen LogP contribution in [0.4, 0.5) is 5.69 Å². The molecule has 1 heterocycles. The number of nitrogens with zero attached hydrogens (tertiary/aromatic N) is 1. The predicted octanol–water partition coefficient (Wildman–Crippen LogP) is 0.399. The molecule has 4 heteroatoms. The van der Waals surface area contributed by atoms with Crippen LogP contribution in [0.15, 0.2) is 24.3 Å². The highest BCUT2D eigenvalue weighted by Gasteiger charge is 2.33. The molecular formula is C10H10N2O2. The van der Waals surface area contributed by atoms with E-state index in [0.717, 1.165) is 0 Å². The first kappa shape index (κ1) is 9.00. The van der Waals surface area contributed by atoms with Crippen molar-refractivity contribution >= 4 is 5.69 Å². The molecule has 1 aliphatic heterocycles. The third-order valence-electron chi connectivity index (χ3n) is 2.39. The molecule has 0 spiro atoms. The number of hydrogen-bond donors (Lipinski definition) is 3. The monoisotopic (exact) mass is 190 g/mol. The Bertz CT molecular complexity index is 386. The molecule has 3 N–H and O–H groups in total. The number of aliphatic hydroxyl groups is 2. The van der Waals surface area contributed by atoms with Crippen molar-refractivity contribution < 1.29 is 10.2 Å². The summed E-state index contributed by atoms with van der Waals surface area (Å²) in [6, 6.07) is 8.24. The van der Waals surface area contributed by atoms with Crippen LogP contribution in [0.5, 0.6) is 0 Å². The average molecular weight is 190 g/mol. The van der Waals surface area contributed by atoms with Gasteiger partial charge in [0.2, 0.25) is 0 Å². The van der Waals surface area contributed by atoms with Gasteiger partial charge in [-0.15, -0.1) is 0 Å². The quantitative estimate of drug-likeness (QED) is 0.553. The van der Waals surface area contributed by atoms with Crippen LogP contribution in [0.25, 0.3) is 0 Å². The van der Waals surface area contributed by atoms with E-state index >= 15 is 0 Å². The third kappa shape index (κ3) is 1.23. The lowest BCUT2D eigenvalue weighted by Crippen LogP contribution is -2.41. The summed E-state index contributed by atoms with van der Waals surface area (Å²) < 4.78 is 0. The van der Waals surface area contributed by atoms with E-state index in [9.17, 15) is 10.2 Å². The van der Waals surface area contributed by atoms with Crippen LogP contribution >= 0.6 is 0 Å². The van der Waals surface area contributed by atoms with Gasteiger partial charge >= 0.3 is 0 Å². The van der Waals surface area contributed by atoms with Crippen molar-refractivity contribution in [2.75, 3.05) is 5.32 Å². The Balaban J connectivity index is 2.43. The maximum Gasteiger partial charge on any atom is 0.143 e. The lowest BCUT2D eigenvalue weighted by atomic mass is 9.93. The Morgan fingerprint density at radius 3 is 2.71 bits per heavy atom. The summed E-state index contributed by atoms with van der Waals surface area (Å²) >= 11 is 0. The number of benzene rings is 1. The Morgan fingerprint density at radius 1 is 1.29 bits per heavy atom. The van der Waals surface area contributed by atoms with E-state index in [1.54, 1.807) is 18.2 Å². The van der Waals surface area contributed by atoms with E-state index in [4.69, 9.17) is 5.26 Å². The summed E-state index contributed by atoms with van der Waals surface area (Å²) in [4.78, 5) is 0. The fourth-order valence-electron chi connectivity index (χ4n) is 1.61. The second kappa shape index (κ2) is 3.29. The summed E-state index contributed by atoms with van der Waals surface area (Å²) in [6.07, 6.45) is -2.06. The molecular weight excluding hydrogens is 180 g/mol. The predicted molar refractivity (Wildman–Crippen MR) is 50.4 cm³/mol. The van der Waals surface area contributed by atoms with E-state index in [0.29, 0.717) is 11.3 Å². The van der Waals surface area contributed by atoms with Crippen LogP contribution in [0.1, 0.15) is 11.7 Å². The number of para-hydroxylation sites is 1. The number of aliphatic hydroxyl groups excluding tert-OH is 2. The standard InChI is InChI=1S/C10H10N2O2/c11-5-8-10(14)9(13)6-3-1-2-4-7(6)12-8/h1-4,8-10,12-14H/t8-,9-,10-/m1/s1. The zero-order valence-corrected chi connectivity index (χ0v) is 7.38. The van der Waals surface area contributed by atoms with Gasteiger partial charge in [-0.2, -0.15) is 5.26 Å². The van der Waals surface area contributed by atoms with Gasteiger partial charge in [0.1, 0.15) is 18.2 Å². The Morgan fingerprint density at radius 2 is 2.00 bits per heavy atom. The molecule has 1 aromatic rings. The van der Waals surface area contributed by atoms with Gasteiger partial charge in [0.05, 0.1) is 6.07 Å². The Kier molecular flexibility index (Phi) is 2.12. The van der Waals surface area contributed by atoms with Crippen molar-refractivity contribution in [3.8, 4) is 6.07 Å². The first-order valence-corrected chi connectivity index (χ1v) is 4.35. The minimum Gasteiger partial charge on any atom is -0.387 e. The lowest BCUT2D eigenvalue weighted by Gasteiger charge is -2.31. The van der Waals surface area contributed by atoms with Crippen LogP contribution in [0.3, 0.4) is 0 Å². The molecule has 0 aliphatic carbocycles. The Labute approximate surface area is 81.4 Å². The fourth-order valence-corrected chi connectivity index (χ4v) is 1.61. The van der Waals surface area contributed by atoms with Gasteiger partial charge in [-0.3, -0.25) is 0 Å². The molecule has 0 unspecified atom stereocenters. The summed E-state index contributed by atoms with van der Waals surface area (Å²) in [5.41, 5.74) is 1.34. The average Bonchev–Trinajstić information content (AvgIpc) is 2.23. The molecule has 2 rings (SSSR count). The van der Waals surface area contributed by atoms with Gasteiger partial charge in [0.25, 0.3) is 0 Å². The highest BCUT2D eigenvalue weighted by molar-refractivity contribution is 5.57. The zero-order valence-electron chi connectivity index (χ0n) is 7.38. The lowest BCUT2D eigenvalue weighted by molar-refractivity contribution is 0.0120. The topological polar surface area (TPSA) is 76.3 Å². The van der Waals surface area contributed by atoms with Crippen LogP contribution in [0.2, 0.25) is 0 Å². The van der Waals surface area contributed by atoms with Crippen molar-refractivity contribution in [1.82, 2.24) is 0 Å². The van der Waals surface area contributed by atoms with Gasteiger partial charge in [-0.25, -0.2) is 0 Å². The summed E-state index contributed by atoms with van der Waals surface area (Å²) in [5.74, 6) is 0. The molecule has 14 heavy (non-hydrogen) atoms. The highest BCUT2D eigenvalue weighted by Crippen LogP contribution is 2.32. The summed E-state index contributed by atoms with van der Waals surface area (Å²) in [7, 11) is 0. The molecule has 0 aromatic heterocycles. The molecule has 1 aromatic carbocycles. The number of nitriles is 1. The van der Waals surface area contributed by atoms with Crippen LogP contribution < -0.4 is 5.32 Å². The Hall–Kier alpha value is -1.57. The number of nitrogens with one attached hydrogen (secondary N) is 1. The van der Waals surface area contributed by atoms with E-state index in [1.165, 1.54) is 0 Å². The maximum absolute atomic E-state index is 9.69. The minimum atomic E-state index is -1.07. The molecule has 0 fully saturated rings. The maximum atomic E-state index is 9.69. The molecule has 0 radical (unpaired) electrons. The van der Waals surface area contributed by atoms with Gasteiger partial charge in [-0.05, 0) is 6.07 Å². The largest absolute Gasteiger partial charge is 0.387 e. The molecule has 0 bridgehead atoms. The fraction of sp³-hybridized carbons (Fsp3) is 0.300. The first-order chi connectivity index (χ1) is 6.74. The van der Waals surface area contributed by atoms with E-state index in [1.807, 2.05) is 12.1 Å². The van der Waals surface area contributed by atoms with E-state index in [-0.39, 0.29) is 0 Å². The summed E-state index contributed by atoms with van der Waals surface area (Å²) in [6.45, 7) is 0. The van der Waals surface area contributed by atoms with Crippen molar-refractivity contribution in [3.63, 3.8) is 0 Å². The minimum absolute atomic E-state index is 0.631. The van der Waals surface area contributed by atoms with Crippen molar-refractivity contribution in [3.05, 3.63) is 29.8 Å². The van der Waals surface area contributed by atoms with Gasteiger partial charge in [0, 0.05) is 11.3 Å². The zero-order chi connectivity index (χ0) is 10.1. The molecule has 0 amide bonds. The highest BCUT2D eigenvalue weighted by atomic mass is 16.3. The van der Waals surface area contributed by atoms with Gasteiger partial charge in [-0.1, -0.05) is 18.2 Å². The van der Waals surface area contributed by atoms with Crippen LogP contribution in [0, 0.1) is 11.3 Å². The van der Waals surface area contributed by atoms with Crippen LogP contribution in [-0.2, 0) is 0 Å². The molecule has 72 valence electrons. The van der Waals surface area contributed by atoms with E-state index in [2.05, 4.69) is 5.32 Å². The molecule has 4 nitrogen and oxygen atoms in total. The third-order valence-corrected chi connectivity index (χ3v) is 2.39. The smallest absolute Gasteiger partial charge is 0.143 e. The number of fused-ring (bicyclic) bond motifs is 1. The second-order valence-electron chi connectivity index (χ2n) is 3.27. The molecule has 3 atom stereocenters. The molecule has 0 saturated heterocycles. The number of hydrogen-bond acceptors (Lipinski definition) is 4. The number of rotatable bonds is 0. The van der Waals surface area contributed by atoms with Crippen LogP contribution in [-0.4, -0.2) is 22.4 Å². The number of anilines is 1. The van der Waals surface area contributed by atoms with Gasteiger partial charge in [0.15, 0.2) is 0 Å². The summed E-state index contributed by atoms with van der Waals surface area (Å²) in [5, 5.41) is 30.8. The van der Waals surface area contributed by atoms with Crippen molar-refractivity contribution in [2.45, 2.75) is 18.2 Å². The van der Waals surface area contributed by atoms with Crippen molar-refractivity contribution in [2.24, 2.45) is 0 Å². The normalized spacial score (nSPS) is 29.9. The molecule has 0 saturated carbocycles. The first-order valence-electron chi connectivity index (χ1n) is 4.35. The SMILES string of the molecule is N#C[C@H]1Nc2ccccc2[C@@H](O)[C@@H]1O. The van der Waals surface area contributed by atoms with Gasteiger partial charge < -0.3 is 15.5 Å². The second-order valence-corrected chi connectivity index (χ2v) is 3.27.